The summed E-state index contributed by atoms with van der Waals surface area (Å²) in [7, 11) is 4.98. The summed E-state index contributed by atoms with van der Waals surface area (Å²) in [5.41, 5.74) is 1.93. The Kier molecular flexibility index (Phi) is 4.05. The van der Waals surface area contributed by atoms with Crippen molar-refractivity contribution in [2.24, 2.45) is 0 Å². The molecule has 0 N–H and O–H groups in total. The van der Waals surface area contributed by atoms with E-state index in [1.54, 1.807) is 21.3 Å². The van der Waals surface area contributed by atoms with Crippen LogP contribution in [0.25, 0.3) is 0 Å². The fourth-order valence-corrected chi connectivity index (χ4v) is 2.94. The molecule has 22 heavy (non-hydrogen) atoms. The Bertz CT molecular complexity index is 641. The minimum atomic E-state index is -0.885. The molecule has 1 heterocycles. The van der Waals surface area contributed by atoms with E-state index in [0.717, 1.165) is 11.1 Å². The summed E-state index contributed by atoms with van der Waals surface area (Å²) < 4.78 is 23.2. The second kappa shape index (κ2) is 5.99. The first-order valence-electron chi connectivity index (χ1n) is 7.23. The Morgan fingerprint density at radius 1 is 1.00 bits per heavy atom. The molecule has 0 spiro atoms. The van der Waals surface area contributed by atoms with Crippen LogP contribution >= 0.6 is 0 Å². The zero-order valence-corrected chi connectivity index (χ0v) is 13.0. The summed E-state index contributed by atoms with van der Waals surface area (Å²) in [6, 6.07) is 15.7. The maximum absolute atomic E-state index is 6.28. The lowest BCUT2D eigenvalue weighted by Crippen LogP contribution is -2.40. The van der Waals surface area contributed by atoms with Gasteiger partial charge in [-0.15, -0.1) is 0 Å². The number of rotatable bonds is 4. The Hall–Kier alpha value is -2.04. The van der Waals surface area contributed by atoms with Crippen molar-refractivity contribution in [3.63, 3.8) is 0 Å². The highest BCUT2D eigenvalue weighted by atomic mass is 16.7. The van der Waals surface area contributed by atoms with Crippen LogP contribution in [0.1, 0.15) is 23.7 Å². The van der Waals surface area contributed by atoms with Gasteiger partial charge >= 0.3 is 0 Å². The van der Waals surface area contributed by atoms with Gasteiger partial charge in [0.15, 0.2) is 11.5 Å². The molecule has 0 radical (unpaired) electrons. The maximum atomic E-state index is 6.28. The molecular weight excluding hydrogens is 280 g/mol. The Labute approximate surface area is 130 Å². The van der Waals surface area contributed by atoms with Gasteiger partial charge in [0.05, 0.1) is 13.2 Å². The van der Waals surface area contributed by atoms with Gasteiger partial charge in [-0.3, -0.25) is 0 Å². The summed E-state index contributed by atoms with van der Waals surface area (Å²) in [5, 5.41) is 0. The average molecular weight is 300 g/mol. The zero-order valence-electron chi connectivity index (χ0n) is 13.0. The van der Waals surface area contributed by atoms with Crippen molar-refractivity contribution in [1.82, 2.24) is 0 Å². The number of methoxy groups -OCH3 is 3. The number of fused-ring (bicyclic) bond motifs is 1. The lowest BCUT2D eigenvalue weighted by molar-refractivity contribution is -0.206. The molecule has 116 valence electrons. The van der Waals surface area contributed by atoms with Crippen molar-refractivity contribution in [2.75, 3.05) is 21.3 Å². The van der Waals surface area contributed by atoms with E-state index < -0.39 is 5.79 Å². The highest BCUT2D eigenvalue weighted by Gasteiger charge is 2.44. The van der Waals surface area contributed by atoms with Crippen LogP contribution in [0.3, 0.4) is 0 Å². The summed E-state index contributed by atoms with van der Waals surface area (Å²) in [5.74, 6) is 0.467. The van der Waals surface area contributed by atoms with Gasteiger partial charge in [0.1, 0.15) is 0 Å². The second-order valence-electron chi connectivity index (χ2n) is 5.23. The van der Waals surface area contributed by atoms with E-state index in [9.17, 15) is 0 Å². The minimum Gasteiger partial charge on any atom is -0.493 e. The fourth-order valence-electron chi connectivity index (χ4n) is 2.94. The molecule has 0 saturated heterocycles. The molecule has 0 amide bonds. The van der Waals surface area contributed by atoms with Crippen LogP contribution < -0.4 is 9.47 Å². The van der Waals surface area contributed by atoms with E-state index in [0.29, 0.717) is 17.9 Å². The third-order valence-corrected chi connectivity index (χ3v) is 4.13. The molecule has 0 aromatic heterocycles. The molecule has 4 heteroatoms. The quantitative estimate of drug-likeness (QED) is 0.863. The van der Waals surface area contributed by atoms with Crippen LogP contribution in [0.15, 0.2) is 48.5 Å². The van der Waals surface area contributed by atoms with Crippen LogP contribution in [-0.4, -0.2) is 21.3 Å². The molecule has 0 aliphatic carbocycles. The van der Waals surface area contributed by atoms with Crippen molar-refractivity contribution in [1.29, 1.82) is 0 Å². The van der Waals surface area contributed by atoms with Crippen molar-refractivity contribution in [2.45, 2.75) is 18.3 Å². The summed E-state index contributed by atoms with van der Waals surface area (Å²) in [4.78, 5) is 0. The molecule has 2 atom stereocenters. The van der Waals surface area contributed by atoms with E-state index >= 15 is 0 Å². The molecule has 2 aromatic rings. The molecule has 0 saturated carbocycles. The molecule has 2 unspecified atom stereocenters. The third kappa shape index (κ3) is 2.34. The van der Waals surface area contributed by atoms with Gasteiger partial charge in [-0.05, 0) is 6.07 Å². The predicted molar refractivity (Wildman–Crippen MR) is 83.1 cm³/mol. The molecular formula is C18H20O4. The molecule has 1 aliphatic rings. The number of benzene rings is 2. The lowest BCUT2D eigenvalue weighted by Gasteiger charge is -2.41. The van der Waals surface area contributed by atoms with E-state index in [2.05, 4.69) is 0 Å². The van der Waals surface area contributed by atoms with Gasteiger partial charge in [-0.2, -0.15) is 0 Å². The zero-order chi connectivity index (χ0) is 15.6. The predicted octanol–water partition coefficient (Wildman–Crippen LogP) is 3.66. The van der Waals surface area contributed by atoms with E-state index in [1.807, 2.05) is 48.5 Å². The first-order chi connectivity index (χ1) is 10.7. The normalized spacial score (nSPS) is 23.5. The molecule has 0 fully saturated rings. The number of hydrogen-bond acceptors (Lipinski definition) is 4. The summed E-state index contributed by atoms with van der Waals surface area (Å²) >= 11 is 0. The van der Waals surface area contributed by atoms with Gasteiger partial charge < -0.3 is 18.9 Å². The molecule has 2 aromatic carbocycles. The van der Waals surface area contributed by atoms with Gasteiger partial charge in [0.25, 0.3) is 0 Å². The van der Waals surface area contributed by atoms with Gasteiger partial charge in [0.2, 0.25) is 5.79 Å². The molecule has 4 nitrogen and oxygen atoms in total. The number of para-hydroxylation sites is 1. The Morgan fingerprint density at radius 3 is 2.41 bits per heavy atom. The number of hydrogen-bond donors (Lipinski definition) is 0. The third-order valence-electron chi connectivity index (χ3n) is 4.13. The Morgan fingerprint density at radius 2 is 1.77 bits per heavy atom. The summed E-state index contributed by atoms with van der Waals surface area (Å²) in [6.45, 7) is 0. The molecule has 0 bridgehead atoms. The SMILES string of the molecule is COc1cccc2c1OC(OC)(c1ccccc1)CC2OC. The molecule has 3 rings (SSSR count). The highest BCUT2D eigenvalue weighted by molar-refractivity contribution is 5.50. The van der Waals surface area contributed by atoms with Crippen LogP contribution in [-0.2, 0) is 15.3 Å². The largest absolute Gasteiger partial charge is 0.493 e. The highest BCUT2D eigenvalue weighted by Crippen LogP contribution is 2.49. The lowest BCUT2D eigenvalue weighted by atomic mass is 9.91. The maximum Gasteiger partial charge on any atom is 0.240 e. The van der Waals surface area contributed by atoms with Crippen LogP contribution in [0.2, 0.25) is 0 Å². The van der Waals surface area contributed by atoms with Crippen molar-refractivity contribution >= 4 is 0 Å². The average Bonchev–Trinajstić information content (AvgIpc) is 2.60. The van der Waals surface area contributed by atoms with Crippen molar-refractivity contribution in [3.8, 4) is 11.5 Å². The van der Waals surface area contributed by atoms with Gasteiger partial charge in [-0.25, -0.2) is 0 Å². The Balaban J connectivity index is 2.13. The standard InChI is InChI=1S/C18H20O4/c1-19-15-11-7-10-14-16(20-2)12-18(21-3,22-17(14)15)13-8-5-4-6-9-13/h4-11,16H,12H2,1-3H3. The first-order valence-corrected chi connectivity index (χ1v) is 7.23. The number of ether oxygens (including phenoxy) is 4. The van der Waals surface area contributed by atoms with Crippen LogP contribution in [0.5, 0.6) is 11.5 Å². The van der Waals surface area contributed by atoms with Gasteiger partial charge in [0, 0.05) is 31.8 Å². The molecule has 1 aliphatic heterocycles. The van der Waals surface area contributed by atoms with E-state index in [-0.39, 0.29) is 6.10 Å². The van der Waals surface area contributed by atoms with Crippen LogP contribution in [0.4, 0.5) is 0 Å². The second-order valence-corrected chi connectivity index (χ2v) is 5.23. The minimum absolute atomic E-state index is 0.126. The smallest absolute Gasteiger partial charge is 0.240 e. The van der Waals surface area contributed by atoms with Gasteiger partial charge in [-0.1, -0.05) is 42.5 Å². The topological polar surface area (TPSA) is 36.9 Å². The van der Waals surface area contributed by atoms with Crippen molar-refractivity contribution in [3.05, 3.63) is 59.7 Å². The van der Waals surface area contributed by atoms with E-state index in [4.69, 9.17) is 18.9 Å². The monoisotopic (exact) mass is 300 g/mol. The first kappa shape index (κ1) is 14.9. The van der Waals surface area contributed by atoms with Crippen LogP contribution in [0, 0.1) is 0 Å². The summed E-state index contributed by atoms with van der Waals surface area (Å²) in [6.07, 6.45) is 0.448. The van der Waals surface area contributed by atoms with E-state index in [1.165, 1.54) is 0 Å². The fraction of sp³-hybridized carbons (Fsp3) is 0.333. The van der Waals surface area contributed by atoms with Crippen molar-refractivity contribution < 1.29 is 18.9 Å².